The third-order valence-electron chi connectivity index (χ3n) is 2.15. The Morgan fingerprint density at radius 2 is 2.40 bits per heavy atom. The normalized spacial score (nSPS) is 18.8. The number of ether oxygens (including phenoxy) is 1. The number of methoxy groups -OCH3 is 1. The highest BCUT2D eigenvalue weighted by atomic mass is 16.5. The Kier molecular flexibility index (Phi) is 4.43. The number of aliphatic hydroxyl groups excluding tert-OH is 1. The molecule has 0 radical (unpaired) electrons. The standard InChI is InChI=1S/C12H19NO2/c1-10(14)5-4-6-11-7-12(15-3)9-13(2)8-11/h4,6-7,9-10,14H,5,8H2,1-3H3/b6-4+. The van der Waals surface area contributed by atoms with Crippen molar-refractivity contribution in [3.8, 4) is 0 Å². The molecule has 0 saturated heterocycles. The zero-order valence-corrected chi connectivity index (χ0v) is 9.60. The van der Waals surface area contributed by atoms with Crippen LogP contribution in [-0.4, -0.2) is 36.8 Å². The van der Waals surface area contributed by atoms with Gasteiger partial charge in [0.05, 0.1) is 13.2 Å². The number of hydrogen-bond donors (Lipinski definition) is 1. The summed E-state index contributed by atoms with van der Waals surface area (Å²) in [4.78, 5) is 2.07. The minimum Gasteiger partial charge on any atom is -0.495 e. The van der Waals surface area contributed by atoms with Gasteiger partial charge < -0.3 is 14.7 Å². The van der Waals surface area contributed by atoms with Crippen LogP contribution in [0.2, 0.25) is 0 Å². The van der Waals surface area contributed by atoms with Crippen LogP contribution in [0.4, 0.5) is 0 Å². The van der Waals surface area contributed by atoms with Crippen molar-refractivity contribution in [1.29, 1.82) is 0 Å². The third kappa shape index (κ3) is 4.21. The summed E-state index contributed by atoms with van der Waals surface area (Å²) in [6.45, 7) is 2.66. The molecule has 15 heavy (non-hydrogen) atoms. The van der Waals surface area contributed by atoms with Gasteiger partial charge in [-0.25, -0.2) is 0 Å². The first-order chi connectivity index (χ1) is 7.11. The summed E-state index contributed by atoms with van der Waals surface area (Å²) in [6, 6.07) is 0. The van der Waals surface area contributed by atoms with E-state index in [4.69, 9.17) is 9.84 Å². The van der Waals surface area contributed by atoms with Crippen LogP contribution in [0.25, 0.3) is 0 Å². The fraction of sp³-hybridized carbons (Fsp3) is 0.500. The lowest BCUT2D eigenvalue weighted by molar-refractivity contribution is 0.198. The lowest BCUT2D eigenvalue weighted by atomic mass is 10.1. The van der Waals surface area contributed by atoms with Crippen LogP contribution in [0.5, 0.6) is 0 Å². The highest BCUT2D eigenvalue weighted by Gasteiger charge is 2.06. The Hall–Kier alpha value is -1.22. The van der Waals surface area contributed by atoms with Gasteiger partial charge in [-0.15, -0.1) is 0 Å². The van der Waals surface area contributed by atoms with Gasteiger partial charge in [-0.3, -0.25) is 0 Å². The number of aliphatic hydroxyl groups is 1. The summed E-state index contributed by atoms with van der Waals surface area (Å²) in [5, 5.41) is 9.11. The van der Waals surface area contributed by atoms with E-state index in [1.165, 1.54) is 5.57 Å². The Morgan fingerprint density at radius 3 is 3.00 bits per heavy atom. The van der Waals surface area contributed by atoms with Crippen molar-refractivity contribution in [1.82, 2.24) is 4.90 Å². The van der Waals surface area contributed by atoms with E-state index in [0.29, 0.717) is 6.42 Å². The van der Waals surface area contributed by atoms with Gasteiger partial charge >= 0.3 is 0 Å². The SMILES string of the molecule is COC1=CN(C)CC(/C=C/CC(C)O)=C1. The molecule has 0 aromatic carbocycles. The molecule has 0 fully saturated rings. The Balaban J connectivity index is 2.58. The first-order valence-electron chi connectivity index (χ1n) is 5.13. The molecule has 1 N–H and O–H groups in total. The average molecular weight is 209 g/mol. The number of allylic oxidation sites excluding steroid dienone is 1. The van der Waals surface area contributed by atoms with E-state index in [2.05, 4.69) is 4.90 Å². The molecule has 3 nitrogen and oxygen atoms in total. The molecule has 84 valence electrons. The molecule has 0 saturated carbocycles. The molecule has 0 aliphatic carbocycles. The van der Waals surface area contributed by atoms with Crippen molar-refractivity contribution in [2.24, 2.45) is 0 Å². The van der Waals surface area contributed by atoms with E-state index in [9.17, 15) is 0 Å². The zero-order valence-electron chi connectivity index (χ0n) is 9.60. The monoisotopic (exact) mass is 209 g/mol. The number of rotatable bonds is 4. The summed E-state index contributed by atoms with van der Waals surface area (Å²) in [6.07, 6.45) is 8.41. The molecule has 0 aromatic heterocycles. The van der Waals surface area contributed by atoms with Gasteiger partial charge in [0.15, 0.2) is 0 Å². The topological polar surface area (TPSA) is 32.7 Å². The smallest absolute Gasteiger partial charge is 0.135 e. The predicted molar refractivity (Wildman–Crippen MR) is 61.2 cm³/mol. The minimum absolute atomic E-state index is 0.277. The summed E-state index contributed by atoms with van der Waals surface area (Å²) < 4.78 is 5.18. The summed E-state index contributed by atoms with van der Waals surface area (Å²) in [5.74, 6) is 0.862. The molecule has 0 spiro atoms. The molecule has 1 heterocycles. The lowest BCUT2D eigenvalue weighted by Crippen LogP contribution is -2.18. The van der Waals surface area contributed by atoms with Crippen LogP contribution in [-0.2, 0) is 4.74 Å². The molecule has 1 rings (SSSR count). The van der Waals surface area contributed by atoms with E-state index >= 15 is 0 Å². The van der Waals surface area contributed by atoms with Crippen LogP contribution in [0.3, 0.4) is 0 Å². The number of nitrogens with zero attached hydrogens (tertiary/aromatic N) is 1. The van der Waals surface area contributed by atoms with Crippen molar-refractivity contribution >= 4 is 0 Å². The predicted octanol–water partition coefficient (Wildman–Crippen LogP) is 1.67. The van der Waals surface area contributed by atoms with E-state index in [0.717, 1.165) is 12.3 Å². The molecule has 0 bridgehead atoms. The van der Waals surface area contributed by atoms with E-state index < -0.39 is 0 Å². The van der Waals surface area contributed by atoms with Crippen molar-refractivity contribution in [2.75, 3.05) is 20.7 Å². The van der Waals surface area contributed by atoms with E-state index in [1.54, 1.807) is 14.0 Å². The zero-order chi connectivity index (χ0) is 11.3. The Labute approximate surface area is 91.3 Å². The van der Waals surface area contributed by atoms with Gasteiger partial charge in [-0.05, 0) is 25.0 Å². The van der Waals surface area contributed by atoms with Crippen molar-refractivity contribution < 1.29 is 9.84 Å². The van der Waals surface area contributed by atoms with Crippen LogP contribution >= 0.6 is 0 Å². The van der Waals surface area contributed by atoms with E-state index in [-0.39, 0.29) is 6.10 Å². The van der Waals surface area contributed by atoms with Crippen molar-refractivity contribution in [2.45, 2.75) is 19.4 Å². The van der Waals surface area contributed by atoms with Gasteiger partial charge in [-0.1, -0.05) is 12.2 Å². The Morgan fingerprint density at radius 1 is 1.67 bits per heavy atom. The maximum Gasteiger partial charge on any atom is 0.135 e. The van der Waals surface area contributed by atoms with Crippen LogP contribution in [0.15, 0.2) is 35.8 Å². The lowest BCUT2D eigenvalue weighted by Gasteiger charge is -2.20. The van der Waals surface area contributed by atoms with E-state index in [1.807, 2.05) is 31.5 Å². The quantitative estimate of drug-likeness (QED) is 0.764. The molecule has 1 atom stereocenters. The average Bonchev–Trinajstić information content (AvgIpc) is 2.16. The molecule has 3 heteroatoms. The van der Waals surface area contributed by atoms with Gasteiger partial charge in [0.2, 0.25) is 0 Å². The molecular formula is C12H19NO2. The highest BCUT2D eigenvalue weighted by molar-refractivity contribution is 5.31. The molecule has 1 aliphatic rings. The number of hydrogen-bond acceptors (Lipinski definition) is 3. The van der Waals surface area contributed by atoms with Gasteiger partial charge in [0.25, 0.3) is 0 Å². The third-order valence-corrected chi connectivity index (χ3v) is 2.15. The molecule has 0 amide bonds. The van der Waals surface area contributed by atoms with Gasteiger partial charge in [0.1, 0.15) is 5.76 Å². The van der Waals surface area contributed by atoms with Crippen molar-refractivity contribution in [3.05, 3.63) is 35.8 Å². The second-order valence-corrected chi connectivity index (χ2v) is 3.86. The van der Waals surface area contributed by atoms with Gasteiger partial charge in [0, 0.05) is 19.8 Å². The largest absolute Gasteiger partial charge is 0.495 e. The van der Waals surface area contributed by atoms with Crippen LogP contribution < -0.4 is 0 Å². The molecule has 1 unspecified atom stereocenters. The van der Waals surface area contributed by atoms with Crippen LogP contribution in [0, 0.1) is 0 Å². The minimum atomic E-state index is -0.277. The van der Waals surface area contributed by atoms with Crippen LogP contribution in [0.1, 0.15) is 13.3 Å². The van der Waals surface area contributed by atoms with Gasteiger partial charge in [-0.2, -0.15) is 0 Å². The molecular weight excluding hydrogens is 190 g/mol. The van der Waals surface area contributed by atoms with Crippen molar-refractivity contribution in [3.63, 3.8) is 0 Å². The fourth-order valence-electron chi connectivity index (χ4n) is 1.45. The summed E-state index contributed by atoms with van der Waals surface area (Å²) in [7, 11) is 3.67. The maximum atomic E-state index is 9.11. The first kappa shape index (κ1) is 11.9. The summed E-state index contributed by atoms with van der Waals surface area (Å²) in [5.41, 5.74) is 1.19. The summed E-state index contributed by atoms with van der Waals surface area (Å²) >= 11 is 0. The highest BCUT2D eigenvalue weighted by Crippen LogP contribution is 2.14. The fourth-order valence-corrected chi connectivity index (χ4v) is 1.45. The first-order valence-corrected chi connectivity index (χ1v) is 5.13. The maximum absolute atomic E-state index is 9.11. The Bertz CT molecular complexity index is 290. The molecule has 1 aliphatic heterocycles. The molecule has 0 aromatic rings. The second kappa shape index (κ2) is 5.61. The second-order valence-electron chi connectivity index (χ2n) is 3.86. The number of likely N-dealkylation sites (N-methyl/N-ethyl adjacent to an activating group) is 1.